The molecule has 0 radical (unpaired) electrons. The average Bonchev–Trinajstić information content (AvgIpc) is 2.89. The number of hydrogen-bond donors (Lipinski definition) is 1. The van der Waals surface area contributed by atoms with Gasteiger partial charge in [0.25, 0.3) is 0 Å². The molecule has 2 aromatic heterocycles. The van der Waals surface area contributed by atoms with Crippen molar-refractivity contribution in [3.05, 3.63) is 64.6 Å². The molecule has 1 aliphatic heterocycles. The Bertz CT molecular complexity index is 933. The van der Waals surface area contributed by atoms with E-state index in [4.69, 9.17) is 0 Å². The van der Waals surface area contributed by atoms with Crippen LogP contribution >= 0.6 is 0 Å². The number of pyridine rings is 1. The standard InChI is InChI=1S/C21H23N3/c1-14-10-17(12-15(2)16-4-7-22-8-5-16)21-18(11-14)19-13-23-9-6-20(19)24(21)3/h4-5,7-8,10-12,23H,6,9,13H2,1-3H3/b15-12-. The molecule has 3 heteroatoms. The number of nitrogens with one attached hydrogen (secondary N) is 1. The van der Waals surface area contributed by atoms with Crippen LogP contribution in [-0.2, 0) is 20.0 Å². The van der Waals surface area contributed by atoms with E-state index < -0.39 is 0 Å². The monoisotopic (exact) mass is 317 g/mol. The number of aromatic nitrogens is 2. The molecule has 1 aromatic carbocycles. The third kappa shape index (κ3) is 2.45. The second-order valence-electron chi connectivity index (χ2n) is 6.72. The van der Waals surface area contributed by atoms with Gasteiger partial charge in [0.15, 0.2) is 0 Å². The fourth-order valence-corrected chi connectivity index (χ4v) is 3.88. The Morgan fingerprint density at radius 3 is 2.83 bits per heavy atom. The number of fused-ring (bicyclic) bond motifs is 3. The van der Waals surface area contributed by atoms with Gasteiger partial charge >= 0.3 is 0 Å². The summed E-state index contributed by atoms with van der Waals surface area (Å²) in [6.45, 7) is 6.40. The summed E-state index contributed by atoms with van der Waals surface area (Å²) in [5.74, 6) is 0. The second-order valence-corrected chi connectivity index (χ2v) is 6.72. The van der Waals surface area contributed by atoms with E-state index in [-0.39, 0.29) is 0 Å². The highest BCUT2D eigenvalue weighted by atomic mass is 15.0. The molecule has 0 bridgehead atoms. The summed E-state index contributed by atoms with van der Waals surface area (Å²) in [4.78, 5) is 4.12. The maximum Gasteiger partial charge on any atom is 0.0557 e. The number of rotatable bonds is 2. The maximum absolute atomic E-state index is 4.12. The van der Waals surface area contributed by atoms with Gasteiger partial charge in [0.2, 0.25) is 0 Å². The molecule has 4 rings (SSSR count). The predicted molar refractivity (Wildman–Crippen MR) is 101 cm³/mol. The third-order valence-electron chi connectivity index (χ3n) is 5.05. The first-order valence-electron chi connectivity index (χ1n) is 8.55. The van der Waals surface area contributed by atoms with E-state index >= 15 is 0 Å². The molecule has 1 N–H and O–H groups in total. The van der Waals surface area contributed by atoms with Gasteiger partial charge in [-0.3, -0.25) is 4.98 Å². The van der Waals surface area contributed by atoms with Crippen LogP contribution in [0.4, 0.5) is 0 Å². The summed E-state index contributed by atoms with van der Waals surface area (Å²) < 4.78 is 2.40. The van der Waals surface area contributed by atoms with Gasteiger partial charge in [0.1, 0.15) is 0 Å². The van der Waals surface area contributed by atoms with E-state index in [0.29, 0.717) is 0 Å². The Kier molecular flexibility index (Phi) is 3.73. The molecular formula is C21H23N3. The maximum atomic E-state index is 4.12. The lowest BCUT2D eigenvalue weighted by Crippen LogP contribution is -2.24. The molecule has 0 spiro atoms. The van der Waals surface area contributed by atoms with Crippen LogP contribution in [0.15, 0.2) is 36.7 Å². The van der Waals surface area contributed by atoms with E-state index in [2.05, 4.69) is 66.1 Å². The third-order valence-corrected chi connectivity index (χ3v) is 5.05. The minimum absolute atomic E-state index is 0.975. The van der Waals surface area contributed by atoms with E-state index in [0.717, 1.165) is 19.5 Å². The van der Waals surface area contributed by atoms with Crippen molar-refractivity contribution < 1.29 is 0 Å². The molecule has 0 unspecified atom stereocenters. The molecule has 122 valence electrons. The van der Waals surface area contributed by atoms with E-state index in [1.807, 2.05) is 12.4 Å². The Hall–Kier alpha value is -2.39. The largest absolute Gasteiger partial charge is 0.347 e. The number of allylic oxidation sites excluding steroid dienone is 1. The summed E-state index contributed by atoms with van der Waals surface area (Å²) in [5.41, 5.74) is 9.40. The van der Waals surface area contributed by atoms with E-state index in [9.17, 15) is 0 Å². The minimum atomic E-state index is 0.975. The molecule has 24 heavy (non-hydrogen) atoms. The number of nitrogens with zero attached hydrogens (tertiary/aromatic N) is 2. The lowest BCUT2D eigenvalue weighted by molar-refractivity contribution is 0.622. The van der Waals surface area contributed by atoms with Crippen molar-refractivity contribution in [1.82, 2.24) is 14.9 Å². The van der Waals surface area contributed by atoms with Crippen LogP contribution in [0.5, 0.6) is 0 Å². The summed E-state index contributed by atoms with van der Waals surface area (Å²) >= 11 is 0. The van der Waals surface area contributed by atoms with Gasteiger partial charge in [-0.25, -0.2) is 0 Å². The van der Waals surface area contributed by atoms with Crippen molar-refractivity contribution in [2.24, 2.45) is 7.05 Å². The topological polar surface area (TPSA) is 29.9 Å². The molecule has 0 saturated carbocycles. The molecule has 0 fully saturated rings. The predicted octanol–water partition coefficient (Wildman–Crippen LogP) is 4.09. The van der Waals surface area contributed by atoms with Crippen molar-refractivity contribution in [3.8, 4) is 0 Å². The Morgan fingerprint density at radius 1 is 1.25 bits per heavy atom. The molecule has 1 aliphatic rings. The molecular weight excluding hydrogens is 294 g/mol. The van der Waals surface area contributed by atoms with Crippen molar-refractivity contribution in [3.63, 3.8) is 0 Å². The SMILES string of the molecule is C/C(=C/c1cc(C)cc2c3c(n(C)c12)CCNC3)c1ccncc1. The van der Waals surface area contributed by atoms with E-state index in [1.54, 1.807) is 0 Å². The molecule has 0 atom stereocenters. The van der Waals surface area contributed by atoms with Crippen LogP contribution in [0.25, 0.3) is 22.6 Å². The lowest BCUT2D eigenvalue weighted by atomic mass is 9.99. The Labute approximate surface area is 143 Å². The van der Waals surface area contributed by atoms with Crippen LogP contribution < -0.4 is 5.32 Å². The summed E-state index contributed by atoms with van der Waals surface area (Å²) in [6, 6.07) is 8.77. The van der Waals surface area contributed by atoms with Gasteiger partial charge in [0, 0.05) is 50.0 Å². The van der Waals surface area contributed by atoms with Crippen LogP contribution in [0, 0.1) is 6.92 Å². The highest BCUT2D eigenvalue weighted by molar-refractivity contribution is 5.96. The van der Waals surface area contributed by atoms with Gasteiger partial charge in [-0.05, 0) is 72.0 Å². The van der Waals surface area contributed by atoms with Gasteiger partial charge < -0.3 is 9.88 Å². The highest BCUT2D eigenvalue weighted by Crippen LogP contribution is 2.33. The van der Waals surface area contributed by atoms with Crippen molar-refractivity contribution in [2.45, 2.75) is 26.8 Å². The van der Waals surface area contributed by atoms with Crippen molar-refractivity contribution in [2.75, 3.05) is 6.54 Å². The van der Waals surface area contributed by atoms with Gasteiger partial charge in [-0.2, -0.15) is 0 Å². The van der Waals surface area contributed by atoms with Crippen molar-refractivity contribution >= 4 is 22.6 Å². The van der Waals surface area contributed by atoms with Gasteiger partial charge in [0.05, 0.1) is 5.52 Å². The fourth-order valence-electron chi connectivity index (χ4n) is 3.88. The van der Waals surface area contributed by atoms with Gasteiger partial charge in [-0.15, -0.1) is 0 Å². The van der Waals surface area contributed by atoms with Gasteiger partial charge in [-0.1, -0.05) is 0 Å². The first-order valence-corrected chi connectivity index (χ1v) is 8.55. The second kappa shape index (κ2) is 5.91. The number of benzene rings is 1. The van der Waals surface area contributed by atoms with Crippen LogP contribution in [-0.4, -0.2) is 16.1 Å². The molecule has 3 heterocycles. The van der Waals surface area contributed by atoms with Crippen LogP contribution in [0.3, 0.4) is 0 Å². The zero-order chi connectivity index (χ0) is 16.7. The molecule has 3 aromatic rings. The summed E-state index contributed by atoms with van der Waals surface area (Å²) in [7, 11) is 2.21. The van der Waals surface area contributed by atoms with Crippen LogP contribution in [0.1, 0.15) is 34.9 Å². The first-order chi connectivity index (χ1) is 11.6. The average molecular weight is 317 g/mol. The quantitative estimate of drug-likeness (QED) is 0.771. The fraction of sp³-hybridized carbons (Fsp3) is 0.286. The normalized spacial score (nSPS) is 14.9. The minimum Gasteiger partial charge on any atom is -0.347 e. The number of aryl methyl sites for hydroxylation is 2. The molecule has 0 saturated heterocycles. The molecule has 3 nitrogen and oxygen atoms in total. The van der Waals surface area contributed by atoms with Crippen LogP contribution in [0.2, 0.25) is 0 Å². The lowest BCUT2D eigenvalue weighted by Gasteiger charge is -2.14. The Balaban J connectivity index is 1.94. The smallest absolute Gasteiger partial charge is 0.0557 e. The first kappa shape index (κ1) is 15.2. The zero-order valence-electron chi connectivity index (χ0n) is 14.6. The zero-order valence-corrected chi connectivity index (χ0v) is 14.6. The van der Waals surface area contributed by atoms with E-state index in [1.165, 1.54) is 44.4 Å². The number of hydrogen-bond acceptors (Lipinski definition) is 2. The van der Waals surface area contributed by atoms with Crippen molar-refractivity contribution in [1.29, 1.82) is 0 Å². The Morgan fingerprint density at radius 2 is 2.04 bits per heavy atom. The summed E-state index contributed by atoms with van der Waals surface area (Å²) in [5, 5.41) is 4.91. The highest BCUT2D eigenvalue weighted by Gasteiger charge is 2.19. The molecule has 0 aliphatic carbocycles. The summed E-state index contributed by atoms with van der Waals surface area (Å²) in [6.07, 6.45) is 7.12. The molecule has 0 amide bonds.